The van der Waals surface area contributed by atoms with E-state index in [-0.39, 0.29) is 23.8 Å². The van der Waals surface area contributed by atoms with Crippen molar-refractivity contribution in [3.05, 3.63) is 81.5 Å². The minimum Gasteiger partial charge on any atom is -0.548 e. The third-order valence-electron chi connectivity index (χ3n) is 6.85. The lowest BCUT2D eigenvalue weighted by Gasteiger charge is -2.20. The number of hydrogen-bond donors (Lipinski definition) is 2. The maximum Gasteiger partial charge on any atom is 0.340 e. The van der Waals surface area contributed by atoms with Gasteiger partial charge in [0.15, 0.2) is 0 Å². The smallest absolute Gasteiger partial charge is 0.340 e. The fourth-order valence-electron chi connectivity index (χ4n) is 4.81. The standard InChI is InChI=1S/C29H28N2O6/c1-15-18-10-20-21(29(2,3)4)14-36-24(20)12-25(18)37-28(35)19(15)11-26(32)31-23(27(33)34)9-16-13-30-22-8-6-5-7-17(16)22/h5-8,10,12-14,23,30H,9,11H2,1-4H3,(H,31,32)(H,33,34)/p-1/t23-/m0/s1. The van der Waals surface area contributed by atoms with Crippen molar-refractivity contribution in [2.75, 3.05) is 0 Å². The Morgan fingerprint density at radius 1 is 1.08 bits per heavy atom. The normalized spacial score (nSPS) is 12.9. The summed E-state index contributed by atoms with van der Waals surface area (Å²) in [5, 5.41) is 16.8. The van der Waals surface area contributed by atoms with Crippen LogP contribution in [0.15, 0.2) is 62.5 Å². The molecular formula is C29H27N2O6-. The zero-order chi connectivity index (χ0) is 26.5. The van der Waals surface area contributed by atoms with E-state index in [2.05, 4.69) is 31.1 Å². The van der Waals surface area contributed by atoms with Crippen molar-refractivity contribution < 1.29 is 23.5 Å². The molecule has 2 N–H and O–H groups in total. The van der Waals surface area contributed by atoms with Gasteiger partial charge in [0.25, 0.3) is 0 Å². The number of H-pyrrole nitrogens is 1. The van der Waals surface area contributed by atoms with Gasteiger partial charge in [-0.25, -0.2) is 4.79 Å². The minimum absolute atomic E-state index is 0.0391. The number of aromatic nitrogens is 1. The summed E-state index contributed by atoms with van der Waals surface area (Å²) in [5.41, 5.74) is 3.57. The number of benzene rings is 2. The molecule has 0 spiro atoms. The number of aromatic amines is 1. The first-order valence-electron chi connectivity index (χ1n) is 12.1. The van der Waals surface area contributed by atoms with Crippen LogP contribution in [-0.2, 0) is 27.8 Å². The molecule has 1 amide bonds. The first-order chi connectivity index (χ1) is 17.5. The Balaban J connectivity index is 1.44. The van der Waals surface area contributed by atoms with Gasteiger partial charge >= 0.3 is 5.63 Å². The second kappa shape index (κ2) is 8.96. The van der Waals surface area contributed by atoms with E-state index in [0.29, 0.717) is 22.1 Å². The predicted octanol–water partition coefficient (Wildman–Crippen LogP) is 3.65. The Hall–Kier alpha value is -4.33. The molecule has 0 saturated heterocycles. The van der Waals surface area contributed by atoms with Gasteiger partial charge in [0.2, 0.25) is 5.91 Å². The van der Waals surface area contributed by atoms with E-state index in [0.717, 1.165) is 27.4 Å². The Morgan fingerprint density at radius 2 is 1.84 bits per heavy atom. The first-order valence-corrected chi connectivity index (χ1v) is 12.1. The summed E-state index contributed by atoms with van der Waals surface area (Å²) in [7, 11) is 0. The fraction of sp³-hybridized carbons (Fsp3) is 0.276. The van der Waals surface area contributed by atoms with E-state index in [1.807, 2.05) is 30.3 Å². The molecule has 3 heterocycles. The summed E-state index contributed by atoms with van der Waals surface area (Å²) < 4.78 is 11.2. The molecule has 0 saturated carbocycles. The first kappa shape index (κ1) is 24.4. The molecule has 0 radical (unpaired) electrons. The SMILES string of the molecule is Cc1c(CC(=O)N[C@@H](Cc2c[nH]c3ccccc23)C(=O)[O-])c(=O)oc2cc3occ(C(C)(C)C)c3cc12. The van der Waals surface area contributed by atoms with Crippen LogP contribution in [0.25, 0.3) is 32.8 Å². The molecule has 37 heavy (non-hydrogen) atoms. The number of amides is 1. The van der Waals surface area contributed by atoms with E-state index < -0.39 is 23.5 Å². The van der Waals surface area contributed by atoms with Crippen molar-refractivity contribution in [2.45, 2.75) is 52.0 Å². The molecule has 5 aromatic rings. The molecule has 0 aliphatic rings. The van der Waals surface area contributed by atoms with Crippen LogP contribution in [0, 0.1) is 6.92 Å². The van der Waals surface area contributed by atoms with Crippen molar-refractivity contribution in [1.82, 2.24) is 10.3 Å². The largest absolute Gasteiger partial charge is 0.548 e. The second-order valence-corrected chi connectivity index (χ2v) is 10.4. The van der Waals surface area contributed by atoms with Crippen LogP contribution in [0.2, 0.25) is 0 Å². The molecular weight excluding hydrogens is 472 g/mol. The zero-order valence-corrected chi connectivity index (χ0v) is 21.1. The van der Waals surface area contributed by atoms with Gasteiger partial charge in [-0.1, -0.05) is 39.0 Å². The number of para-hydroxylation sites is 1. The highest BCUT2D eigenvalue weighted by molar-refractivity contribution is 5.97. The topological polar surface area (TPSA) is 128 Å². The number of carbonyl (C=O) groups excluding carboxylic acids is 2. The number of nitrogens with one attached hydrogen (secondary N) is 2. The summed E-state index contributed by atoms with van der Waals surface area (Å²) in [4.78, 5) is 40.7. The molecule has 5 rings (SSSR count). The Morgan fingerprint density at radius 3 is 2.57 bits per heavy atom. The Labute approximate surface area is 212 Å². The van der Waals surface area contributed by atoms with Gasteiger partial charge in [0.05, 0.1) is 30.3 Å². The van der Waals surface area contributed by atoms with Gasteiger partial charge in [0.1, 0.15) is 11.2 Å². The number of carbonyl (C=O) groups is 2. The number of rotatable bonds is 6. The number of furan rings is 1. The molecule has 2 aromatic carbocycles. The van der Waals surface area contributed by atoms with Gasteiger partial charge in [-0.2, -0.15) is 0 Å². The quantitative estimate of drug-likeness (QED) is 0.343. The van der Waals surface area contributed by atoms with Crippen LogP contribution in [0.4, 0.5) is 0 Å². The van der Waals surface area contributed by atoms with Crippen molar-refractivity contribution >= 4 is 44.7 Å². The Kier molecular flexibility index (Phi) is 5.90. The lowest BCUT2D eigenvalue weighted by molar-refractivity contribution is -0.308. The monoisotopic (exact) mass is 499 g/mol. The van der Waals surface area contributed by atoms with E-state index >= 15 is 0 Å². The van der Waals surface area contributed by atoms with Crippen LogP contribution in [0.1, 0.15) is 43.0 Å². The minimum atomic E-state index is -1.40. The van der Waals surface area contributed by atoms with Gasteiger partial charge in [-0.15, -0.1) is 0 Å². The van der Waals surface area contributed by atoms with Crippen LogP contribution in [-0.4, -0.2) is 22.9 Å². The third kappa shape index (κ3) is 4.50. The molecule has 8 nitrogen and oxygen atoms in total. The average molecular weight is 500 g/mol. The highest BCUT2D eigenvalue weighted by atomic mass is 16.4. The lowest BCUT2D eigenvalue weighted by Crippen LogP contribution is -2.49. The molecule has 1 atom stereocenters. The van der Waals surface area contributed by atoms with Gasteiger partial charge in [-0.3, -0.25) is 4.79 Å². The van der Waals surface area contributed by atoms with Gasteiger partial charge in [0, 0.05) is 45.9 Å². The summed E-state index contributed by atoms with van der Waals surface area (Å²) in [6, 6.07) is 9.83. The maximum atomic E-state index is 12.9. The maximum absolute atomic E-state index is 12.9. The molecule has 0 aliphatic carbocycles. The van der Waals surface area contributed by atoms with Crippen LogP contribution in [0.5, 0.6) is 0 Å². The molecule has 8 heteroatoms. The number of aliphatic carboxylic acids is 1. The molecule has 0 aliphatic heterocycles. The molecule has 0 bridgehead atoms. The Bertz CT molecular complexity index is 1730. The molecule has 3 aromatic heterocycles. The van der Waals surface area contributed by atoms with Gasteiger partial charge in [-0.05, 0) is 35.6 Å². The van der Waals surface area contributed by atoms with Crippen LogP contribution < -0.4 is 16.0 Å². The summed E-state index contributed by atoms with van der Waals surface area (Å²) in [5.74, 6) is -2.01. The average Bonchev–Trinajstić information content (AvgIpc) is 3.44. The second-order valence-electron chi connectivity index (χ2n) is 10.4. The van der Waals surface area contributed by atoms with Crippen molar-refractivity contribution in [3.63, 3.8) is 0 Å². The van der Waals surface area contributed by atoms with Crippen molar-refractivity contribution in [1.29, 1.82) is 0 Å². The van der Waals surface area contributed by atoms with E-state index in [4.69, 9.17) is 8.83 Å². The van der Waals surface area contributed by atoms with Crippen LogP contribution in [0.3, 0.4) is 0 Å². The number of carboxylic acids is 1. The van der Waals surface area contributed by atoms with Crippen molar-refractivity contribution in [2.24, 2.45) is 0 Å². The van der Waals surface area contributed by atoms with Crippen molar-refractivity contribution in [3.8, 4) is 0 Å². The van der Waals surface area contributed by atoms with E-state index in [9.17, 15) is 19.5 Å². The van der Waals surface area contributed by atoms with E-state index in [1.165, 1.54) is 0 Å². The summed E-state index contributed by atoms with van der Waals surface area (Å²) >= 11 is 0. The molecule has 0 unspecified atom stereocenters. The highest BCUT2D eigenvalue weighted by Crippen LogP contribution is 2.35. The molecule has 190 valence electrons. The zero-order valence-electron chi connectivity index (χ0n) is 21.1. The highest BCUT2D eigenvalue weighted by Gasteiger charge is 2.23. The number of carboxylic acid groups (broad SMARTS) is 1. The van der Waals surface area contributed by atoms with Gasteiger partial charge < -0.3 is 29.0 Å². The lowest BCUT2D eigenvalue weighted by atomic mass is 9.86. The summed E-state index contributed by atoms with van der Waals surface area (Å²) in [6.45, 7) is 8.00. The van der Waals surface area contributed by atoms with Crippen LogP contribution >= 0.6 is 0 Å². The summed E-state index contributed by atoms with van der Waals surface area (Å²) in [6.07, 6.45) is 3.14. The third-order valence-corrected chi connectivity index (χ3v) is 6.85. The predicted molar refractivity (Wildman–Crippen MR) is 138 cm³/mol. The number of aryl methyl sites for hydroxylation is 1. The number of fused-ring (bicyclic) bond motifs is 3. The fourth-order valence-corrected chi connectivity index (χ4v) is 4.81. The van der Waals surface area contributed by atoms with E-state index in [1.54, 1.807) is 25.5 Å². The number of hydrogen-bond acceptors (Lipinski definition) is 6. The molecule has 0 fully saturated rings.